The fourth-order valence-electron chi connectivity index (χ4n) is 2.15. The molecule has 0 saturated carbocycles. The van der Waals surface area contributed by atoms with Crippen LogP contribution in [-0.2, 0) is 12.8 Å². The average molecular weight is 266 g/mol. The third kappa shape index (κ3) is 1.87. The van der Waals surface area contributed by atoms with Crippen molar-refractivity contribution in [2.45, 2.75) is 32.1 Å². The molecular formula is C12H12BrNO. The van der Waals surface area contributed by atoms with Crippen molar-refractivity contribution in [3.8, 4) is 11.8 Å². The Morgan fingerprint density at radius 3 is 2.73 bits per heavy atom. The molecule has 1 aromatic carbocycles. The Balaban J connectivity index is 2.62. The third-order valence-electron chi connectivity index (χ3n) is 2.94. The lowest BCUT2D eigenvalue weighted by Crippen LogP contribution is -1.96. The van der Waals surface area contributed by atoms with Crippen molar-refractivity contribution in [1.29, 1.82) is 5.26 Å². The Morgan fingerprint density at radius 2 is 2.00 bits per heavy atom. The van der Waals surface area contributed by atoms with Gasteiger partial charge in [0, 0.05) is 0 Å². The third-order valence-corrected chi connectivity index (χ3v) is 3.54. The second kappa shape index (κ2) is 4.24. The average Bonchev–Trinajstić information content (AvgIpc) is 2.45. The molecule has 2 rings (SSSR count). The van der Waals surface area contributed by atoms with Gasteiger partial charge >= 0.3 is 0 Å². The van der Waals surface area contributed by atoms with E-state index in [-0.39, 0.29) is 5.75 Å². The lowest BCUT2D eigenvalue weighted by Gasteiger charge is -2.10. The molecule has 1 aliphatic carbocycles. The van der Waals surface area contributed by atoms with Gasteiger partial charge in [-0.3, -0.25) is 0 Å². The van der Waals surface area contributed by atoms with Crippen LogP contribution in [0.5, 0.6) is 5.75 Å². The maximum atomic E-state index is 9.78. The Labute approximate surface area is 97.7 Å². The van der Waals surface area contributed by atoms with Crippen LogP contribution in [-0.4, -0.2) is 5.11 Å². The number of nitriles is 1. The minimum atomic E-state index is 0.0955. The first-order chi connectivity index (χ1) is 7.24. The Hall–Kier alpha value is -1.01. The fraction of sp³-hybridized carbons (Fsp3) is 0.417. The molecule has 0 aromatic heterocycles. The van der Waals surface area contributed by atoms with Crippen LogP contribution in [0.25, 0.3) is 0 Å². The van der Waals surface area contributed by atoms with E-state index in [1.807, 2.05) is 6.07 Å². The molecule has 78 valence electrons. The van der Waals surface area contributed by atoms with Gasteiger partial charge in [0.05, 0.1) is 10.0 Å². The largest absolute Gasteiger partial charge is 0.505 e. The molecule has 1 N–H and O–H groups in total. The number of hydrogen-bond donors (Lipinski definition) is 1. The molecule has 0 unspecified atom stereocenters. The number of phenols is 1. The van der Waals surface area contributed by atoms with Crippen LogP contribution in [0.3, 0.4) is 0 Å². The van der Waals surface area contributed by atoms with Crippen LogP contribution < -0.4 is 0 Å². The number of hydrogen-bond acceptors (Lipinski definition) is 2. The summed E-state index contributed by atoms with van der Waals surface area (Å²) in [6, 6.07) is 4.07. The molecule has 0 spiro atoms. The van der Waals surface area contributed by atoms with Crippen LogP contribution in [0, 0.1) is 11.3 Å². The predicted octanol–water partition coefficient (Wildman–Crippen LogP) is 3.30. The second-order valence-corrected chi connectivity index (χ2v) is 4.75. The van der Waals surface area contributed by atoms with Gasteiger partial charge in [0.15, 0.2) is 0 Å². The Morgan fingerprint density at radius 1 is 1.27 bits per heavy atom. The number of fused-ring (bicyclic) bond motifs is 1. The predicted molar refractivity (Wildman–Crippen MR) is 61.8 cm³/mol. The van der Waals surface area contributed by atoms with Crippen molar-refractivity contribution in [2.24, 2.45) is 0 Å². The molecule has 0 bridgehead atoms. The van der Waals surface area contributed by atoms with Gasteiger partial charge < -0.3 is 5.11 Å². The molecule has 0 radical (unpaired) electrons. The van der Waals surface area contributed by atoms with Crippen LogP contribution >= 0.6 is 15.9 Å². The minimum Gasteiger partial charge on any atom is -0.505 e. The zero-order valence-electron chi connectivity index (χ0n) is 8.39. The first-order valence-corrected chi connectivity index (χ1v) is 5.96. The summed E-state index contributed by atoms with van der Waals surface area (Å²) in [5.41, 5.74) is 2.73. The van der Waals surface area contributed by atoms with Gasteiger partial charge in [-0.15, -0.1) is 0 Å². The van der Waals surface area contributed by atoms with E-state index in [4.69, 9.17) is 5.26 Å². The summed E-state index contributed by atoms with van der Waals surface area (Å²) in [5, 5.41) is 18.8. The Bertz CT molecular complexity index is 434. The highest BCUT2D eigenvalue weighted by Gasteiger charge is 2.17. The van der Waals surface area contributed by atoms with Gasteiger partial charge in [-0.1, -0.05) is 6.42 Å². The van der Waals surface area contributed by atoms with Crippen LogP contribution in [0.1, 0.15) is 36.0 Å². The van der Waals surface area contributed by atoms with Crippen molar-refractivity contribution >= 4 is 15.9 Å². The van der Waals surface area contributed by atoms with E-state index >= 15 is 0 Å². The topological polar surface area (TPSA) is 44.0 Å². The number of halogens is 1. The van der Waals surface area contributed by atoms with Crippen molar-refractivity contribution in [1.82, 2.24) is 0 Å². The SMILES string of the molecule is N#Cc1c(O)c(Br)cc2c1CCCCC2. The highest BCUT2D eigenvalue weighted by molar-refractivity contribution is 9.10. The zero-order chi connectivity index (χ0) is 10.8. The van der Waals surface area contributed by atoms with Crippen molar-refractivity contribution < 1.29 is 5.11 Å². The molecular weight excluding hydrogens is 254 g/mol. The van der Waals surface area contributed by atoms with Gasteiger partial charge in [0.1, 0.15) is 11.8 Å². The summed E-state index contributed by atoms with van der Waals surface area (Å²) in [4.78, 5) is 0. The lowest BCUT2D eigenvalue weighted by molar-refractivity contribution is 0.469. The quantitative estimate of drug-likeness (QED) is 0.732. The summed E-state index contributed by atoms with van der Waals surface area (Å²) in [6.45, 7) is 0. The number of nitrogens with zero attached hydrogens (tertiary/aromatic N) is 1. The smallest absolute Gasteiger partial charge is 0.147 e. The molecule has 15 heavy (non-hydrogen) atoms. The van der Waals surface area contributed by atoms with Gasteiger partial charge in [-0.05, 0) is 58.8 Å². The highest BCUT2D eigenvalue weighted by atomic mass is 79.9. The number of benzene rings is 1. The summed E-state index contributed by atoms with van der Waals surface area (Å²) in [5.74, 6) is 0.0955. The lowest BCUT2D eigenvalue weighted by atomic mass is 9.97. The molecule has 0 aliphatic heterocycles. The fourth-order valence-corrected chi connectivity index (χ4v) is 2.63. The first-order valence-electron chi connectivity index (χ1n) is 5.17. The molecule has 0 fully saturated rings. The number of phenolic OH excluding ortho intramolecular Hbond substituents is 1. The van der Waals surface area contributed by atoms with Gasteiger partial charge in [0.2, 0.25) is 0 Å². The first kappa shape index (κ1) is 10.5. The van der Waals surface area contributed by atoms with Crippen LogP contribution in [0.4, 0.5) is 0 Å². The normalized spacial score (nSPS) is 15.2. The molecule has 0 amide bonds. The van der Waals surface area contributed by atoms with Gasteiger partial charge in [-0.2, -0.15) is 5.26 Å². The number of rotatable bonds is 0. The van der Waals surface area contributed by atoms with Crippen molar-refractivity contribution in [2.75, 3.05) is 0 Å². The molecule has 0 heterocycles. The maximum Gasteiger partial charge on any atom is 0.147 e. The Kier molecular flexibility index (Phi) is 2.97. The van der Waals surface area contributed by atoms with E-state index in [2.05, 4.69) is 22.0 Å². The van der Waals surface area contributed by atoms with Gasteiger partial charge in [-0.25, -0.2) is 0 Å². The van der Waals surface area contributed by atoms with E-state index in [9.17, 15) is 5.11 Å². The van der Waals surface area contributed by atoms with Crippen molar-refractivity contribution in [3.05, 3.63) is 27.2 Å². The van der Waals surface area contributed by atoms with Crippen molar-refractivity contribution in [3.63, 3.8) is 0 Å². The highest BCUT2D eigenvalue weighted by Crippen LogP contribution is 2.35. The minimum absolute atomic E-state index is 0.0955. The summed E-state index contributed by atoms with van der Waals surface area (Å²) in [6.07, 6.45) is 5.43. The summed E-state index contributed by atoms with van der Waals surface area (Å²) < 4.78 is 0.639. The van der Waals surface area contributed by atoms with Crippen LogP contribution in [0.15, 0.2) is 10.5 Å². The molecule has 2 nitrogen and oxygen atoms in total. The summed E-state index contributed by atoms with van der Waals surface area (Å²) in [7, 11) is 0. The number of aromatic hydroxyl groups is 1. The maximum absolute atomic E-state index is 9.78. The zero-order valence-corrected chi connectivity index (χ0v) is 9.97. The van der Waals surface area contributed by atoms with E-state index in [1.54, 1.807) is 0 Å². The monoisotopic (exact) mass is 265 g/mol. The molecule has 0 saturated heterocycles. The molecule has 1 aliphatic rings. The second-order valence-electron chi connectivity index (χ2n) is 3.89. The molecule has 0 atom stereocenters. The van der Waals surface area contributed by atoms with E-state index in [0.717, 1.165) is 24.8 Å². The number of aryl methyl sites for hydroxylation is 1. The molecule has 1 aromatic rings. The van der Waals surface area contributed by atoms with Crippen LogP contribution in [0.2, 0.25) is 0 Å². The van der Waals surface area contributed by atoms with E-state index < -0.39 is 0 Å². The van der Waals surface area contributed by atoms with Gasteiger partial charge in [0.25, 0.3) is 0 Å². The standard InChI is InChI=1S/C12H12BrNO/c13-11-6-8-4-2-1-3-5-9(8)10(7-14)12(11)15/h6,15H,1-5H2. The van der Waals surface area contributed by atoms with E-state index in [0.29, 0.717) is 10.0 Å². The summed E-state index contributed by atoms with van der Waals surface area (Å²) >= 11 is 3.29. The molecule has 3 heteroatoms. The van der Waals surface area contributed by atoms with E-state index in [1.165, 1.54) is 18.4 Å².